The van der Waals surface area contributed by atoms with Crippen molar-refractivity contribution >= 4 is 0 Å². The van der Waals surface area contributed by atoms with Crippen LogP contribution < -0.4 is 0 Å². The minimum Gasteiger partial charge on any atom is -0.396 e. The molecule has 0 heterocycles. The first kappa shape index (κ1) is 9.66. The predicted molar refractivity (Wildman–Crippen MR) is 53.6 cm³/mol. The number of rotatable bonds is 4. The van der Waals surface area contributed by atoms with E-state index in [1.165, 1.54) is 30.5 Å². The Morgan fingerprint density at radius 1 is 1.29 bits per heavy atom. The van der Waals surface area contributed by atoms with Crippen LogP contribution in [0.2, 0.25) is 0 Å². The lowest BCUT2D eigenvalue weighted by Gasteiger charge is -2.14. The van der Waals surface area contributed by atoms with Crippen LogP contribution in [0, 0.1) is 11.7 Å². The molecule has 0 spiro atoms. The van der Waals surface area contributed by atoms with Crippen molar-refractivity contribution in [2.24, 2.45) is 5.92 Å². The van der Waals surface area contributed by atoms with Gasteiger partial charge in [0, 0.05) is 6.61 Å². The number of aliphatic hydroxyl groups is 1. The van der Waals surface area contributed by atoms with Gasteiger partial charge in [0.15, 0.2) is 0 Å². The highest BCUT2D eigenvalue weighted by atomic mass is 19.1. The van der Waals surface area contributed by atoms with Gasteiger partial charge in [-0.2, -0.15) is 0 Å². The second kappa shape index (κ2) is 4.09. The maximum atomic E-state index is 12.7. The lowest BCUT2D eigenvalue weighted by atomic mass is 9.91. The summed E-state index contributed by atoms with van der Waals surface area (Å²) in [4.78, 5) is 0. The lowest BCUT2D eigenvalue weighted by Crippen LogP contribution is -2.03. The number of halogens is 1. The van der Waals surface area contributed by atoms with E-state index in [1.807, 2.05) is 12.1 Å². The highest BCUT2D eigenvalue weighted by Crippen LogP contribution is 2.44. The molecule has 0 bridgehead atoms. The van der Waals surface area contributed by atoms with E-state index in [0.717, 1.165) is 6.42 Å². The van der Waals surface area contributed by atoms with Gasteiger partial charge in [-0.3, -0.25) is 0 Å². The van der Waals surface area contributed by atoms with Crippen LogP contribution in [0.15, 0.2) is 24.3 Å². The smallest absolute Gasteiger partial charge is 0.123 e. The number of hydrogen-bond acceptors (Lipinski definition) is 1. The Balaban J connectivity index is 2.13. The highest BCUT2D eigenvalue weighted by Gasteiger charge is 2.31. The van der Waals surface area contributed by atoms with Crippen LogP contribution in [0.5, 0.6) is 0 Å². The molecule has 1 aromatic rings. The molecule has 14 heavy (non-hydrogen) atoms. The van der Waals surface area contributed by atoms with Crippen molar-refractivity contribution in [3.8, 4) is 0 Å². The minimum atomic E-state index is -0.188. The van der Waals surface area contributed by atoms with Crippen molar-refractivity contribution in [2.75, 3.05) is 6.61 Å². The van der Waals surface area contributed by atoms with Crippen molar-refractivity contribution in [1.82, 2.24) is 0 Å². The van der Waals surface area contributed by atoms with E-state index < -0.39 is 0 Å². The van der Waals surface area contributed by atoms with Crippen molar-refractivity contribution in [3.05, 3.63) is 35.6 Å². The van der Waals surface area contributed by atoms with Crippen LogP contribution in [0.3, 0.4) is 0 Å². The van der Waals surface area contributed by atoms with Crippen LogP contribution in [0.1, 0.15) is 30.7 Å². The Morgan fingerprint density at radius 2 is 1.93 bits per heavy atom. The van der Waals surface area contributed by atoms with Gasteiger partial charge in [0.05, 0.1) is 0 Å². The van der Waals surface area contributed by atoms with Crippen molar-refractivity contribution in [1.29, 1.82) is 0 Å². The summed E-state index contributed by atoms with van der Waals surface area (Å²) in [6.07, 6.45) is 3.31. The quantitative estimate of drug-likeness (QED) is 0.781. The zero-order valence-corrected chi connectivity index (χ0v) is 8.12. The molecule has 0 aliphatic heterocycles. The van der Waals surface area contributed by atoms with Gasteiger partial charge in [0.2, 0.25) is 0 Å². The van der Waals surface area contributed by atoms with E-state index in [0.29, 0.717) is 11.8 Å². The molecule has 0 amide bonds. The predicted octanol–water partition coefficient (Wildman–Crippen LogP) is 2.70. The molecule has 1 aliphatic carbocycles. The molecule has 1 aromatic carbocycles. The Labute approximate surface area is 83.6 Å². The molecule has 76 valence electrons. The molecule has 2 heteroatoms. The minimum absolute atomic E-state index is 0.188. The average molecular weight is 194 g/mol. The molecule has 1 nitrogen and oxygen atoms in total. The van der Waals surface area contributed by atoms with E-state index in [4.69, 9.17) is 5.11 Å². The average Bonchev–Trinajstić information content (AvgIpc) is 2.99. The second-order valence-electron chi connectivity index (χ2n) is 4.01. The first-order chi connectivity index (χ1) is 6.81. The van der Waals surface area contributed by atoms with Gasteiger partial charge in [0.1, 0.15) is 5.82 Å². The lowest BCUT2D eigenvalue weighted by molar-refractivity contribution is 0.270. The summed E-state index contributed by atoms with van der Waals surface area (Å²) in [6, 6.07) is 6.69. The Kier molecular flexibility index (Phi) is 2.82. The number of hydrogen-bond donors (Lipinski definition) is 1. The molecule has 1 fully saturated rings. The van der Waals surface area contributed by atoms with Crippen LogP contribution in [-0.4, -0.2) is 11.7 Å². The molecule has 1 unspecified atom stereocenters. The maximum Gasteiger partial charge on any atom is 0.123 e. The molecule has 2 rings (SSSR count). The van der Waals surface area contributed by atoms with E-state index in [-0.39, 0.29) is 12.4 Å². The molecular formula is C12H15FO. The molecule has 1 atom stereocenters. The molecule has 0 saturated heterocycles. The Morgan fingerprint density at radius 3 is 2.43 bits per heavy atom. The summed E-state index contributed by atoms with van der Waals surface area (Å²) in [7, 11) is 0. The topological polar surface area (TPSA) is 20.2 Å². The zero-order valence-electron chi connectivity index (χ0n) is 8.12. The largest absolute Gasteiger partial charge is 0.396 e. The number of aliphatic hydroxyl groups excluding tert-OH is 1. The van der Waals surface area contributed by atoms with Gasteiger partial charge >= 0.3 is 0 Å². The fourth-order valence-corrected chi connectivity index (χ4v) is 2.02. The summed E-state index contributed by atoms with van der Waals surface area (Å²) < 4.78 is 12.7. The monoisotopic (exact) mass is 194 g/mol. The Hall–Kier alpha value is -0.890. The van der Waals surface area contributed by atoms with Crippen molar-refractivity contribution in [3.63, 3.8) is 0 Å². The summed E-state index contributed by atoms with van der Waals surface area (Å²) in [5.74, 6) is 0.959. The first-order valence-electron chi connectivity index (χ1n) is 5.17. The van der Waals surface area contributed by atoms with Crippen LogP contribution in [-0.2, 0) is 0 Å². The standard InChI is InChI=1S/C12H15FO/c13-11-5-3-10(4-6-11)12(7-8-14)9-1-2-9/h3-6,9,12,14H,1-2,7-8H2. The van der Waals surface area contributed by atoms with Gasteiger partial charge in [-0.25, -0.2) is 4.39 Å². The van der Waals surface area contributed by atoms with E-state index in [2.05, 4.69) is 0 Å². The molecular weight excluding hydrogens is 179 g/mol. The van der Waals surface area contributed by atoms with Gasteiger partial charge in [-0.05, 0) is 48.8 Å². The van der Waals surface area contributed by atoms with Crippen molar-refractivity contribution < 1.29 is 9.50 Å². The molecule has 1 saturated carbocycles. The fraction of sp³-hybridized carbons (Fsp3) is 0.500. The molecule has 0 aromatic heterocycles. The zero-order chi connectivity index (χ0) is 9.97. The third-order valence-corrected chi connectivity index (χ3v) is 2.93. The third kappa shape index (κ3) is 2.13. The van der Waals surface area contributed by atoms with Gasteiger partial charge in [0.25, 0.3) is 0 Å². The summed E-state index contributed by atoms with van der Waals surface area (Å²) in [5, 5.41) is 8.96. The molecule has 1 aliphatic rings. The summed E-state index contributed by atoms with van der Waals surface area (Å²) in [6.45, 7) is 0.221. The third-order valence-electron chi connectivity index (χ3n) is 2.93. The molecule has 1 N–H and O–H groups in total. The number of benzene rings is 1. The van der Waals surface area contributed by atoms with E-state index in [9.17, 15) is 4.39 Å². The van der Waals surface area contributed by atoms with Gasteiger partial charge < -0.3 is 5.11 Å². The van der Waals surface area contributed by atoms with Crippen molar-refractivity contribution in [2.45, 2.75) is 25.2 Å². The second-order valence-corrected chi connectivity index (χ2v) is 4.01. The summed E-state index contributed by atoms with van der Waals surface area (Å²) in [5.41, 5.74) is 1.17. The fourth-order valence-electron chi connectivity index (χ4n) is 2.02. The van der Waals surface area contributed by atoms with E-state index in [1.54, 1.807) is 0 Å². The SMILES string of the molecule is OCCC(c1ccc(F)cc1)C1CC1. The van der Waals surface area contributed by atoms with Crippen LogP contribution in [0.25, 0.3) is 0 Å². The maximum absolute atomic E-state index is 12.7. The Bertz CT molecular complexity index is 290. The van der Waals surface area contributed by atoms with Gasteiger partial charge in [-0.15, -0.1) is 0 Å². The molecule has 0 radical (unpaired) electrons. The normalized spacial score (nSPS) is 18.1. The van der Waals surface area contributed by atoms with Gasteiger partial charge in [-0.1, -0.05) is 12.1 Å². The van der Waals surface area contributed by atoms with E-state index >= 15 is 0 Å². The van der Waals surface area contributed by atoms with Crippen LogP contribution in [0.4, 0.5) is 4.39 Å². The summed E-state index contributed by atoms with van der Waals surface area (Å²) >= 11 is 0. The highest BCUT2D eigenvalue weighted by molar-refractivity contribution is 5.22. The first-order valence-corrected chi connectivity index (χ1v) is 5.17. The van der Waals surface area contributed by atoms with Crippen LogP contribution >= 0.6 is 0 Å².